The normalized spacial score (nSPS) is 26.1. The van der Waals surface area contributed by atoms with Gasteiger partial charge in [0.2, 0.25) is 0 Å². The van der Waals surface area contributed by atoms with Crippen molar-refractivity contribution in [3.8, 4) is 0 Å². The van der Waals surface area contributed by atoms with Gasteiger partial charge in [0.1, 0.15) is 10.8 Å². The third-order valence-electron chi connectivity index (χ3n) is 1.94. The van der Waals surface area contributed by atoms with E-state index in [1.165, 1.54) is 0 Å². The summed E-state index contributed by atoms with van der Waals surface area (Å²) in [5.74, 6) is -1.04. The van der Waals surface area contributed by atoms with Crippen LogP contribution in [0, 0.1) is 5.92 Å². The molecule has 0 fully saturated rings. The van der Waals surface area contributed by atoms with E-state index in [0.717, 1.165) is 0 Å². The average Bonchev–Trinajstić information content (AvgIpc) is 2.15. The topological polar surface area (TPSA) is 49.7 Å². The van der Waals surface area contributed by atoms with Crippen molar-refractivity contribution in [2.45, 2.75) is 0 Å². The van der Waals surface area contributed by atoms with E-state index in [1.807, 2.05) is 0 Å². The highest BCUT2D eigenvalue weighted by Crippen LogP contribution is 2.27. The Morgan fingerprint density at radius 2 is 2.23 bits per heavy atom. The van der Waals surface area contributed by atoms with Crippen molar-refractivity contribution < 1.29 is 9.90 Å². The molecule has 0 bridgehead atoms. The van der Waals surface area contributed by atoms with Gasteiger partial charge in [-0.2, -0.15) is 0 Å². The van der Waals surface area contributed by atoms with E-state index in [0.29, 0.717) is 5.71 Å². The van der Waals surface area contributed by atoms with Crippen LogP contribution < -0.4 is 0 Å². The molecule has 66 valence electrons. The molecule has 2 aliphatic rings. The van der Waals surface area contributed by atoms with Crippen LogP contribution in [0.1, 0.15) is 0 Å². The van der Waals surface area contributed by atoms with Crippen LogP contribution in [0.15, 0.2) is 40.1 Å². The van der Waals surface area contributed by atoms with E-state index in [2.05, 4.69) is 4.99 Å². The Morgan fingerprint density at radius 1 is 1.46 bits per heavy atom. The van der Waals surface area contributed by atoms with Crippen molar-refractivity contribution in [1.29, 1.82) is 0 Å². The molecule has 0 radical (unpaired) electrons. The third kappa shape index (κ3) is 1.21. The number of rotatable bonds is 0. The maximum absolute atomic E-state index is 11.1. The molecule has 2 rings (SSSR count). The first-order valence-electron chi connectivity index (χ1n) is 3.76. The van der Waals surface area contributed by atoms with Gasteiger partial charge in [0, 0.05) is 0 Å². The fourth-order valence-electron chi connectivity index (χ4n) is 1.28. The Bertz CT molecular complexity index is 388. The van der Waals surface area contributed by atoms with Gasteiger partial charge in [-0.1, -0.05) is 29.8 Å². The number of carbonyl (C=O) groups excluding carboxylic acids is 1. The monoisotopic (exact) mass is 195 g/mol. The van der Waals surface area contributed by atoms with Crippen LogP contribution in [-0.4, -0.2) is 16.7 Å². The van der Waals surface area contributed by atoms with Crippen LogP contribution in [0.3, 0.4) is 0 Å². The second kappa shape index (κ2) is 2.85. The molecule has 1 N–H and O–H groups in total. The van der Waals surface area contributed by atoms with Gasteiger partial charge in [-0.25, -0.2) is 4.99 Å². The number of fused-ring (bicyclic) bond motifs is 1. The van der Waals surface area contributed by atoms with Crippen molar-refractivity contribution in [1.82, 2.24) is 0 Å². The standard InChI is InChI=1S/C9H6ClNO2/c10-7-8(12)5-3-1-2-4-6(5)11-9(7)13/h1-5,12H. The largest absolute Gasteiger partial charge is 0.509 e. The van der Waals surface area contributed by atoms with Gasteiger partial charge in [-0.05, 0) is 6.08 Å². The predicted octanol–water partition coefficient (Wildman–Crippen LogP) is 1.72. The summed E-state index contributed by atoms with van der Waals surface area (Å²) < 4.78 is 0. The van der Waals surface area contributed by atoms with Crippen molar-refractivity contribution in [3.63, 3.8) is 0 Å². The van der Waals surface area contributed by atoms with Gasteiger partial charge in [0.15, 0.2) is 0 Å². The molecule has 0 aromatic carbocycles. The van der Waals surface area contributed by atoms with Crippen LogP contribution >= 0.6 is 11.6 Å². The van der Waals surface area contributed by atoms with E-state index in [1.54, 1.807) is 24.3 Å². The SMILES string of the molecule is O=C1N=C2C=CC=CC2C(O)=C1Cl. The zero-order valence-corrected chi connectivity index (χ0v) is 7.32. The number of aliphatic hydroxyl groups excluding tert-OH is 1. The Morgan fingerprint density at radius 3 is 3.00 bits per heavy atom. The molecule has 1 amide bonds. The number of halogens is 1. The second-order valence-corrected chi connectivity index (χ2v) is 3.14. The van der Waals surface area contributed by atoms with Crippen LogP contribution in [0.2, 0.25) is 0 Å². The Kier molecular flexibility index (Phi) is 1.81. The molecular weight excluding hydrogens is 190 g/mol. The van der Waals surface area contributed by atoms with Crippen molar-refractivity contribution in [3.05, 3.63) is 35.1 Å². The van der Waals surface area contributed by atoms with Crippen LogP contribution in [0.4, 0.5) is 0 Å². The lowest BCUT2D eigenvalue weighted by Gasteiger charge is -2.19. The number of carbonyl (C=O) groups is 1. The predicted molar refractivity (Wildman–Crippen MR) is 49.7 cm³/mol. The van der Waals surface area contributed by atoms with Gasteiger partial charge >= 0.3 is 0 Å². The minimum atomic E-state index is -0.578. The van der Waals surface area contributed by atoms with E-state index in [-0.39, 0.29) is 16.7 Å². The van der Waals surface area contributed by atoms with Crippen LogP contribution in [0.25, 0.3) is 0 Å². The number of amides is 1. The van der Waals surface area contributed by atoms with Crippen LogP contribution in [-0.2, 0) is 4.79 Å². The van der Waals surface area contributed by atoms with Gasteiger partial charge in [-0.3, -0.25) is 4.79 Å². The number of nitrogens with zero attached hydrogens (tertiary/aromatic N) is 1. The molecule has 1 atom stereocenters. The summed E-state index contributed by atoms with van der Waals surface area (Å²) in [5.41, 5.74) is 0.536. The lowest BCUT2D eigenvalue weighted by molar-refractivity contribution is -0.114. The fraction of sp³-hybridized carbons (Fsp3) is 0.111. The molecule has 1 unspecified atom stereocenters. The lowest BCUT2D eigenvalue weighted by atomic mass is 9.94. The highest BCUT2D eigenvalue weighted by Gasteiger charge is 2.28. The molecule has 0 spiro atoms. The molecule has 0 aromatic heterocycles. The summed E-state index contributed by atoms with van der Waals surface area (Å²) in [5, 5.41) is 9.32. The second-order valence-electron chi connectivity index (χ2n) is 2.76. The Labute approximate surface area is 79.7 Å². The van der Waals surface area contributed by atoms with Crippen molar-refractivity contribution in [2.24, 2.45) is 10.9 Å². The molecule has 3 nitrogen and oxygen atoms in total. The molecular formula is C9H6ClNO2. The van der Waals surface area contributed by atoms with Crippen molar-refractivity contribution in [2.75, 3.05) is 0 Å². The Balaban J connectivity index is 2.50. The van der Waals surface area contributed by atoms with Gasteiger partial charge in [0.25, 0.3) is 5.91 Å². The first kappa shape index (κ1) is 8.26. The smallest absolute Gasteiger partial charge is 0.292 e. The Hall–Kier alpha value is -1.35. The molecule has 0 aromatic rings. The molecule has 1 aliphatic carbocycles. The first-order chi connectivity index (χ1) is 6.20. The number of aliphatic hydroxyl groups is 1. The number of dihydropyridines is 1. The summed E-state index contributed by atoms with van der Waals surface area (Å²) in [7, 11) is 0. The molecule has 0 saturated heterocycles. The number of allylic oxidation sites excluding steroid dienone is 4. The molecule has 4 heteroatoms. The molecule has 13 heavy (non-hydrogen) atoms. The zero-order chi connectivity index (χ0) is 9.42. The number of hydrogen-bond donors (Lipinski definition) is 1. The van der Waals surface area contributed by atoms with E-state index < -0.39 is 5.91 Å². The van der Waals surface area contributed by atoms with E-state index in [9.17, 15) is 9.90 Å². The summed E-state index contributed by atoms with van der Waals surface area (Å²) in [4.78, 5) is 14.8. The van der Waals surface area contributed by atoms with Crippen molar-refractivity contribution >= 4 is 23.2 Å². The minimum absolute atomic E-state index is 0.114. The first-order valence-corrected chi connectivity index (χ1v) is 4.14. The highest BCUT2D eigenvalue weighted by atomic mass is 35.5. The number of aliphatic imine (C=N–C) groups is 1. The zero-order valence-electron chi connectivity index (χ0n) is 6.57. The number of hydrogen-bond acceptors (Lipinski definition) is 2. The molecule has 0 saturated carbocycles. The summed E-state index contributed by atoms with van der Waals surface area (Å²) in [6, 6.07) is 0. The van der Waals surface area contributed by atoms with Gasteiger partial charge in [0.05, 0.1) is 11.6 Å². The van der Waals surface area contributed by atoms with E-state index >= 15 is 0 Å². The minimum Gasteiger partial charge on any atom is -0.509 e. The quantitative estimate of drug-likeness (QED) is 0.640. The van der Waals surface area contributed by atoms with Gasteiger partial charge < -0.3 is 5.11 Å². The summed E-state index contributed by atoms with van der Waals surface area (Å²) in [6.45, 7) is 0. The maximum Gasteiger partial charge on any atom is 0.292 e. The summed E-state index contributed by atoms with van der Waals surface area (Å²) in [6.07, 6.45) is 6.96. The van der Waals surface area contributed by atoms with E-state index in [4.69, 9.17) is 11.6 Å². The maximum atomic E-state index is 11.1. The fourth-order valence-corrected chi connectivity index (χ4v) is 1.44. The lowest BCUT2D eigenvalue weighted by Crippen LogP contribution is -2.22. The van der Waals surface area contributed by atoms with Gasteiger partial charge in [-0.15, -0.1) is 0 Å². The average molecular weight is 196 g/mol. The molecule has 1 heterocycles. The molecule has 1 aliphatic heterocycles. The van der Waals surface area contributed by atoms with Crippen LogP contribution in [0.5, 0.6) is 0 Å². The highest BCUT2D eigenvalue weighted by molar-refractivity contribution is 6.44. The summed E-state index contributed by atoms with van der Waals surface area (Å²) >= 11 is 5.55. The third-order valence-corrected chi connectivity index (χ3v) is 2.29.